The highest BCUT2D eigenvalue weighted by molar-refractivity contribution is 6.01. The quantitative estimate of drug-likeness (QED) is 0.529. The van der Waals surface area contributed by atoms with E-state index in [1.807, 2.05) is 42.5 Å². The van der Waals surface area contributed by atoms with Gasteiger partial charge in [-0.2, -0.15) is 5.10 Å². The third-order valence-corrected chi connectivity index (χ3v) is 4.18. The lowest BCUT2D eigenvalue weighted by Gasteiger charge is -2.07. The van der Waals surface area contributed by atoms with Crippen LogP contribution in [0.4, 0.5) is 0 Å². The molecule has 0 spiro atoms. The van der Waals surface area contributed by atoms with Crippen LogP contribution in [0.25, 0.3) is 11.1 Å². The van der Waals surface area contributed by atoms with Crippen molar-refractivity contribution in [3.8, 4) is 22.6 Å². The molecule has 27 heavy (non-hydrogen) atoms. The molecule has 136 valence electrons. The predicted octanol–water partition coefficient (Wildman–Crippen LogP) is 4.22. The molecule has 0 atom stereocenters. The number of benzene rings is 3. The maximum absolute atomic E-state index is 12.3. The molecule has 0 radical (unpaired) electrons. The second-order valence-corrected chi connectivity index (χ2v) is 5.97. The van der Waals surface area contributed by atoms with Crippen LogP contribution in [0.2, 0.25) is 0 Å². The van der Waals surface area contributed by atoms with Crippen molar-refractivity contribution in [3.05, 3.63) is 83.9 Å². The number of rotatable bonds is 5. The zero-order chi connectivity index (χ0) is 19.2. The van der Waals surface area contributed by atoms with Crippen molar-refractivity contribution in [2.75, 3.05) is 7.11 Å². The summed E-state index contributed by atoms with van der Waals surface area (Å²) in [6.07, 6.45) is 0. The second-order valence-electron chi connectivity index (χ2n) is 5.97. The number of phenolic OH excluding ortho intramolecular Hbond substituents is 1. The fourth-order valence-corrected chi connectivity index (χ4v) is 2.61. The minimum absolute atomic E-state index is 0.0524. The number of nitrogens with one attached hydrogen (secondary N) is 1. The SMILES string of the molecule is COc1cc(C(C)=NNC(=O)c2ccc(-c3ccccc3)cc2)ccc1O. The molecule has 0 aromatic heterocycles. The fraction of sp³-hybridized carbons (Fsp3) is 0.0909. The minimum atomic E-state index is -0.292. The lowest BCUT2D eigenvalue weighted by atomic mass is 10.0. The normalized spacial score (nSPS) is 11.1. The van der Waals surface area contributed by atoms with E-state index in [0.717, 1.165) is 16.7 Å². The molecule has 0 fully saturated rings. The van der Waals surface area contributed by atoms with E-state index < -0.39 is 0 Å². The molecule has 0 saturated carbocycles. The summed E-state index contributed by atoms with van der Waals surface area (Å²) in [7, 11) is 1.48. The van der Waals surface area contributed by atoms with Crippen LogP contribution in [0, 0.1) is 0 Å². The monoisotopic (exact) mass is 360 g/mol. The van der Waals surface area contributed by atoms with Gasteiger partial charge < -0.3 is 9.84 Å². The average Bonchev–Trinajstić information content (AvgIpc) is 2.73. The topological polar surface area (TPSA) is 70.9 Å². The predicted molar refractivity (Wildman–Crippen MR) is 106 cm³/mol. The molecule has 5 nitrogen and oxygen atoms in total. The first-order chi connectivity index (χ1) is 13.1. The van der Waals surface area contributed by atoms with Gasteiger partial charge in [-0.05, 0) is 48.4 Å². The molecule has 0 unspecified atom stereocenters. The third-order valence-electron chi connectivity index (χ3n) is 4.18. The Bertz CT molecular complexity index is 965. The first-order valence-corrected chi connectivity index (χ1v) is 8.46. The lowest BCUT2D eigenvalue weighted by Crippen LogP contribution is -2.19. The lowest BCUT2D eigenvalue weighted by molar-refractivity contribution is 0.0955. The molecule has 1 amide bonds. The number of carbonyl (C=O) groups is 1. The van der Waals surface area contributed by atoms with Gasteiger partial charge in [0.15, 0.2) is 11.5 Å². The fourth-order valence-electron chi connectivity index (χ4n) is 2.61. The molecule has 0 aliphatic carbocycles. The van der Waals surface area contributed by atoms with Gasteiger partial charge in [0.25, 0.3) is 5.91 Å². The van der Waals surface area contributed by atoms with Crippen LogP contribution in [-0.4, -0.2) is 23.8 Å². The highest BCUT2D eigenvalue weighted by Crippen LogP contribution is 2.26. The number of nitrogens with zero attached hydrogens (tertiary/aromatic N) is 1. The molecular weight excluding hydrogens is 340 g/mol. The maximum atomic E-state index is 12.3. The van der Waals surface area contributed by atoms with Gasteiger partial charge >= 0.3 is 0 Å². The first kappa shape index (κ1) is 18.2. The first-order valence-electron chi connectivity index (χ1n) is 8.46. The van der Waals surface area contributed by atoms with Crippen molar-refractivity contribution in [1.29, 1.82) is 0 Å². The Balaban J connectivity index is 1.70. The molecule has 0 aliphatic rings. The van der Waals surface area contributed by atoms with Crippen molar-refractivity contribution in [3.63, 3.8) is 0 Å². The van der Waals surface area contributed by atoms with Gasteiger partial charge in [-0.15, -0.1) is 0 Å². The number of hydrogen-bond acceptors (Lipinski definition) is 4. The van der Waals surface area contributed by atoms with Gasteiger partial charge in [-0.3, -0.25) is 4.79 Å². The number of hydrogen-bond donors (Lipinski definition) is 2. The largest absolute Gasteiger partial charge is 0.504 e. The molecule has 3 aromatic carbocycles. The van der Waals surface area contributed by atoms with Crippen molar-refractivity contribution < 1.29 is 14.6 Å². The van der Waals surface area contributed by atoms with Gasteiger partial charge in [0.05, 0.1) is 12.8 Å². The minimum Gasteiger partial charge on any atom is -0.504 e. The van der Waals surface area contributed by atoms with Crippen LogP contribution in [0.3, 0.4) is 0 Å². The Kier molecular flexibility index (Phi) is 5.52. The zero-order valence-corrected chi connectivity index (χ0v) is 15.1. The maximum Gasteiger partial charge on any atom is 0.271 e. The molecule has 0 heterocycles. The smallest absolute Gasteiger partial charge is 0.271 e. The van der Waals surface area contributed by atoms with Crippen molar-refractivity contribution in [2.45, 2.75) is 6.92 Å². The van der Waals surface area contributed by atoms with E-state index in [1.165, 1.54) is 13.2 Å². The molecular formula is C22H20N2O3. The van der Waals surface area contributed by atoms with Crippen molar-refractivity contribution >= 4 is 11.6 Å². The summed E-state index contributed by atoms with van der Waals surface area (Å²) in [6, 6.07) is 22.2. The Hall–Kier alpha value is -3.60. The van der Waals surface area contributed by atoms with Crippen LogP contribution in [0.1, 0.15) is 22.8 Å². The summed E-state index contributed by atoms with van der Waals surface area (Å²) in [5.74, 6) is 0.112. The standard InChI is InChI=1S/C22H20N2O3/c1-15(19-12-13-20(25)21(14-19)27-2)23-24-22(26)18-10-8-17(9-11-18)16-6-4-3-5-7-16/h3-14,25H,1-2H3,(H,24,26). The molecule has 0 aliphatic heterocycles. The highest BCUT2D eigenvalue weighted by atomic mass is 16.5. The van der Waals surface area contributed by atoms with Crippen LogP contribution >= 0.6 is 0 Å². The molecule has 0 bridgehead atoms. The molecule has 0 saturated heterocycles. The van der Waals surface area contributed by atoms with Crippen LogP contribution in [0.15, 0.2) is 77.9 Å². The van der Waals surface area contributed by atoms with E-state index >= 15 is 0 Å². The number of aromatic hydroxyl groups is 1. The molecule has 2 N–H and O–H groups in total. The molecule has 5 heteroatoms. The Morgan fingerprint density at radius 3 is 2.22 bits per heavy atom. The zero-order valence-electron chi connectivity index (χ0n) is 15.1. The van der Waals surface area contributed by atoms with Crippen molar-refractivity contribution in [2.24, 2.45) is 5.10 Å². The summed E-state index contributed by atoms with van der Waals surface area (Å²) >= 11 is 0. The summed E-state index contributed by atoms with van der Waals surface area (Å²) < 4.78 is 5.09. The van der Waals surface area contributed by atoms with E-state index in [4.69, 9.17) is 4.74 Å². The third kappa shape index (κ3) is 4.33. The van der Waals surface area contributed by atoms with Gasteiger partial charge in [-0.25, -0.2) is 5.43 Å². The Morgan fingerprint density at radius 1 is 0.926 bits per heavy atom. The second kappa shape index (κ2) is 8.19. The number of ether oxygens (including phenoxy) is 1. The van der Waals surface area contributed by atoms with Crippen LogP contribution in [0.5, 0.6) is 11.5 Å². The number of methoxy groups -OCH3 is 1. The summed E-state index contributed by atoms with van der Waals surface area (Å²) in [5, 5.41) is 13.8. The molecule has 3 aromatic rings. The van der Waals surface area contributed by atoms with Crippen molar-refractivity contribution in [1.82, 2.24) is 5.43 Å². The Labute approximate surface area is 157 Å². The van der Waals surface area contributed by atoms with E-state index in [1.54, 1.807) is 31.2 Å². The van der Waals surface area contributed by atoms with Gasteiger partial charge in [-0.1, -0.05) is 42.5 Å². The van der Waals surface area contributed by atoms with E-state index in [2.05, 4.69) is 10.5 Å². The van der Waals surface area contributed by atoms with E-state index in [-0.39, 0.29) is 11.7 Å². The van der Waals surface area contributed by atoms with Gasteiger partial charge in [0.1, 0.15) is 0 Å². The molecule has 3 rings (SSSR count). The summed E-state index contributed by atoms with van der Waals surface area (Å²) in [4.78, 5) is 12.3. The van der Waals surface area contributed by atoms with Gasteiger partial charge in [0, 0.05) is 11.1 Å². The van der Waals surface area contributed by atoms with Crippen LogP contribution in [-0.2, 0) is 0 Å². The summed E-state index contributed by atoms with van der Waals surface area (Å²) in [6.45, 7) is 1.77. The Morgan fingerprint density at radius 2 is 1.56 bits per heavy atom. The van der Waals surface area contributed by atoms with Gasteiger partial charge in [0.2, 0.25) is 0 Å². The van der Waals surface area contributed by atoms with Crippen LogP contribution < -0.4 is 10.2 Å². The number of hydrazone groups is 1. The number of phenols is 1. The average molecular weight is 360 g/mol. The van der Waals surface area contributed by atoms with E-state index in [0.29, 0.717) is 17.0 Å². The number of carbonyl (C=O) groups excluding carboxylic acids is 1. The highest BCUT2D eigenvalue weighted by Gasteiger charge is 2.08. The summed E-state index contributed by atoms with van der Waals surface area (Å²) in [5.41, 5.74) is 6.56. The van der Waals surface area contributed by atoms with E-state index in [9.17, 15) is 9.90 Å². The number of amides is 1.